The van der Waals surface area contributed by atoms with E-state index in [9.17, 15) is 9.59 Å². The van der Waals surface area contributed by atoms with Crippen LogP contribution in [0.15, 0.2) is 18.2 Å². The zero-order chi connectivity index (χ0) is 23.8. The lowest BCUT2D eigenvalue weighted by molar-refractivity contribution is -0.136. The molecule has 0 aliphatic rings. The summed E-state index contributed by atoms with van der Waals surface area (Å²) in [6.07, 6.45) is 2.15. The van der Waals surface area contributed by atoms with E-state index in [2.05, 4.69) is 49.7 Å². The Balaban J connectivity index is 3.20. The molecule has 2 amide bonds. The summed E-state index contributed by atoms with van der Waals surface area (Å²) in [6, 6.07) is 5.97. The van der Waals surface area contributed by atoms with Gasteiger partial charge in [0, 0.05) is 57.4 Å². The second kappa shape index (κ2) is 12.1. The highest BCUT2D eigenvalue weighted by molar-refractivity contribution is 5.91. The van der Waals surface area contributed by atoms with E-state index in [0.29, 0.717) is 19.5 Å². The van der Waals surface area contributed by atoms with E-state index >= 15 is 0 Å². The molecule has 31 heavy (non-hydrogen) atoms. The van der Waals surface area contributed by atoms with E-state index in [1.807, 2.05) is 51.3 Å². The summed E-state index contributed by atoms with van der Waals surface area (Å²) in [6.45, 7) is 12.3. The molecule has 1 N–H and O–H groups in total. The molecular weight excluding hydrogens is 388 g/mol. The van der Waals surface area contributed by atoms with Gasteiger partial charge in [-0.3, -0.25) is 9.59 Å². The predicted molar refractivity (Wildman–Crippen MR) is 132 cm³/mol. The predicted octanol–water partition coefficient (Wildman–Crippen LogP) is 4.45. The number of hydrogen-bond donors (Lipinski definition) is 1. The zero-order valence-electron chi connectivity index (χ0n) is 21.2. The first-order chi connectivity index (χ1) is 14.4. The second-order valence-corrected chi connectivity index (χ2v) is 10.1. The van der Waals surface area contributed by atoms with Crippen molar-refractivity contribution in [1.82, 2.24) is 9.80 Å². The van der Waals surface area contributed by atoms with Crippen molar-refractivity contribution in [2.75, 3.05) is 51.5 Å². The Kier molecular flexibility index (Phi) is 10.5. The van der Waals surface area contributed by atoms with Gasteiger partial charge in [-0.1, -0.05) is 34.6 Å². The lowest BCUT2D eigenvalue weighted by Crippen LogP contribution is -2.40. The maximum absolute atomic E-state index is 13.2. The van der Waals surface area contributed by atoms with Crippen LogP contribution < -0.4 is 10.2 Å². The third-order valence-electron chi connectivity index (χ3n) is 5.36. The van der Waals surface area contributed by atoms with Gasteiger partial charge in [0.1, 0.15) is 0 Å². The Morgan fingerprint density at radius 1 is 1.00 bits per heavy atom. The van der Waals surface area contributed by atoms with E-state index in [4.69, 9.17) is 0 Å². The first kappa shape index (κ1) is 27.0. The molecule has 6 heteroatoms. The topological polar surface area (TPSA) is 55.9 Å². The van der Waals surface area contributed by atoms with Crippen LogP contribution in [0.5, 0.6) is 0 Å². The molecule has 1 rings (SSSR count). The quantitative estimate of drug-likeness (QED) is 0.561. The Morgan fingerprint density at radius 2 is 1.61 bits per heavy atom. The number of amides is 2. The summed E-state index contributed by atoms with van der Waals surface area (Å²) in [7, 11) is 8.06. The number of benzene rings is 1. The first-order valence-corrected chi connectivity index (χ1v) is 11.4. The van der Waals surface area contributed by atoms with Gasteiger partial charge in [-0.25, -0.2) is 0 Å². The molecular formula is C25H44N4O2. The maximum atomic E-state index is 13.2. The number of nitrogens with one attached hydrogen (secondary N) is 1. The van der Waals surface area contributed by atoms with Crippen LogP contribution in [-0.2, 0) is 16.1 Å². The van der Waals surface area contributed by atoms with Crippen molar-refractivity contribution < 1.29 is 9.59 Å². The van der Waals surface area contributed by atoms with Crippen molar-refractivity contribution in [2.24, 2.45) is 11.3 Å². The lowest BCUT2D eigenvalue weighted by Gasteiger charge is -2.30. The second-order valence-electron chi connectivity index (χ2n) is 10.1. The molecule has 0 bridgehead atoms. The van der Waals surface area contributed by atoms with Gasteiger partial charge in [-0.2, -0.15) is 0 Å². The van der Waals surface area contributed by atoms with Crippen molar-refractivity contribution in [3.63, 3.8) is 0 Å². The van der Waals surface area contributed by atoms with E-state index < -0.39 is 0 Å². The van der Waals surface area contributed by atoms with E-state index in [1.165, 1.54) is 0 Å². The van der Waals surface area contributed by atoms with Crippen LogP contribution in [0.25, 0.3) is 0 Å². The number of nitrogens with zero attached hydrogens (tertiary/aromatic N) is 3. The van der Waals surface area contributed by atoms with Crippen LogP contribution in [0.4, 0.5) is 11.4 Å². The molecule has 0 fully saturated rings. The summed E-state index contributed by atoms with van der Waals surface area (Å²) in [5.74, 6) is 0.256. The molecule has 0 aliphatic heterocycles. The number of hydrogen-bond acceptors (Lipinski definition) is 4. The van der Waals surface area contributed by atoms with Crippen LogP contribution in [-0.4, -0.2) is 62.9 Å². The summed E-state index contributed by atoms with van der Waals surface area (Å²) < 4.78 is 0. The van der Waals surface area contributed by atoms with Crippen LogP contribution in [0, 0.1) is 11.3 Å². The van der Waals surface area contributed by atoms with Gasteiger partial charge in [-0.05, 0) is 56.1 Å². The molecule has 0 heterocycles. The van der Waals surface area contributed by atoms with Crippen molar-refractivity contribution in [1.29, 1.82) is 0 Å². The largest absolute Gasteiger partial charge is 0.377 e. The summed E-state index contributed by atoms with van der Waals surface area (Å²) in [4.78, 5) is 31.8. The van der Waals surface area contributed by atoms with Crippen molar-refractivity contribution in [3.8, 4) is 0 Å². The standard InChI is InChI=1S/C25H44N4O2/c1-10-19(11-2)24(31)29(15-14-27(6)7)18-20-16-21(12-13-22(20)28(8)9)26-23(30)17-25(3,4)5/h12-13,16,19H,10-11,14-15,17-18H2,1-9H3,(H,26,30). The summed E-state index contributed by atoms with van der Waals surface area (Å²) in [5, 5.41) is 3.03. The minimum absolute atomic E-state index is 0.00798. The van der Waals surface area contributed by atoms with Crippen molar-refractivity contribution in [2.45, 2.75) is 60.4 Å². The molecule has 0 radical (unpaired) electrons. The normalized spacial score (nSPS) is 11.7. The molecule has 176 valence electrons. The monoisotopic (exact) mass is 432 g/mol. The fraction of sp³-hybridized carbons (Fsp3) is 0.680. The highest BCUT2D eigenvalue weighted by Crippen LogP contribution is 2.27. The molecule has 0 atom stereocenters. The number of carbonyl (C=O) groups excluding carboxylic acids is 2. The molecule has 0 unspecified atom stereocenters. The van der Waals surface area contributed by atoms with Gasteiger partial charge in [0.2, 0.25) is 11.8 Å². The SMILES string of the molecule is CCC(CC)C(=O)N(CCN(C)C)Cc1cc(NC(=O)CC(C)(C)C)ccc1N(C)C. The highest BCUT2D eigenvalue weighted by atomic mass is 16.2. The van der Waals surface area contributed by atoms with Gasteiger partial charge >= 0.3 is 0 Å². The zero-order valence-corrected chi connectivity index (χ0v) is 21.2. The third kappa shape index (κ3) is 9.30. The number of carbonyl (C=O) groups is 2. The number of rotatable bonds is 11. The molecule has 1 aromatic carbocycles. The smallest absolute Gasteiger partial charge is 0.226 e. The minimum Gasteiger partial charge on any atom is -0.377 e. The summed E-state index contributed by atoms with van der Waals surface area (Å²) >= 11 is 0. The number of anilines is 2. The Morgan fingerprint density at radius 3 is 2.10 bits per heavy atom. The molecule has 0 saturated carbocycles. The first-order valence-electron chi connectivity index (χ1n) is 11.4. The van der Waals surface area contributed by atoms with Gasteiger partial charge in [0.15, 0.2) is 0 Å². The average Bonchev–Trinajstić information content (AvgIpc) is 2.64. The van der Waals surface area contributed by atoms with Gasteiger partial charge in [0.25, 0.3) is 0 Å². The van der Waals surface area contributed by atoms with Gasteiger partial charge in [-0.15, -0.1) is 0 Å². The van der Waals surface area contributed by atoms with Gasteiger partial charge in [0.05, 0.1) is 0 Å². The van der Waals surface area contributed by atoms with Crippen LogP contribution in [0.1, 0.15) is 59.4 Å². The summed E-state index contributed by atoms with van der Waals surface area (Å²) in [5.41, 5.74) is 2.80. The van der Waals surface area contributed by atoms with Crippen LogP contribution in [0.3, 0.4) is 0 Å². The lowest BCUT2D eigenvalue weighted by atomic mass is 9.92. The number of likely N-dealkylation sites (N-methyl/N-ethyl adjacent to an activating group) is 1. The van der Waals surface area contributed by atoms with Crippen molar-refractivity contribution >= 4 is 23.2 Å². The van der Waals surface area contributed by atoms with Crippen LogP contribution in [0.2, 0.25) is 0 Å². The highest BCUT2D eigenvalue weighted by Gasteiger charge is 2.23. The molecule has 0 aromatic heterocycles. The van der Waals surface area contributed by atoms with E-state index in [0.717, 1.165) is 36.3 Å². The van der Waals surface area contributed by atoms with E-state index in [1.54, 1.807) is 0 Å². The van der Waals surface area contributed by atoms with E-state index in [-0.39, 0.29) is 23.1 Å². The Hall–Kier alpha value is -2.08. The minimum atomic E-state index is -0.0682. The van der Waals surface area contributed by atoms with Crippen LogP contribution >= 0.6 is 0 Å². The van der Waals surface area contributed by atoms with Crippen molar-refractivity contribution in [3.05, 3.63) is 23.8 Å². The Labute approximate surface area is 190 Å². The Bertz CT molecular complexity index is 719. The molecule has 0 saturated heterocycles. The fourth-order valence-electron chi connectivity index (χ4n) is 3.60. The molecule has 0 spiro atoms. The average molecular weight is 433 g/mol. The third-order valence-corrected chi connectivity index (χ3v) is 5.36. The molecule has 6 nitrogen and oxygen atoms in total. The molecule has 0 aliphatic carbocycles. The van der Waals surface area contributed by atoms with Gasteiger partial charge < -0.3 is 20.0 Å². The fourth-order valence-corrected chi connectivity index (χ4v) is 3.60. The maximum Gasteiger partial charge on any atom is 0.226 e. The molecule has 1 aromatic rings.